The summed E-state index contributed by atoms with van der Waals surface area (Å²) in [6.07, 6.45) is 0.787. The summed E-state index contributed by atoms with van der Waals surface area (Å²) in [4.78, 5) is 17.0. The van der Waals surface area contributed by atoms with Gasteiger partial charge in [-0.2, -0.15) is 0 Å². The number of aromatic nitrogens is 1. The van der Waals surface area contributed by atoms with Gasteiger partial charge in [0.05, 0.1) is 23.6 Å². The molecule has 1 aromatic rings. The molecule has 0 aliphatic carbocycles. The fourth-order valence-electron chi connectivity index (χ4n) is 1.30. The van der Waals surface area contributed by atoms with Gasteiger partial charge < -0.3 is 15.7 Å². The summed E-state index contributed by atoms with van der Waals surface area (Å²) in [6, 6.07) is 1.47. The van der Waals surface area contributed by atoms with Gasteiger partial charge in [-0.3, -0.25) is 4.79 Å². The second kappa shape index (κ2) is 5.14. The van der Waals surface area contributed by atoms with Gasteiger partial charge >= 0.3 is 0 Å². The number of carbonyl (C=O) groups is 1. The fourth-order valence-corrected chi connectivity index (χ4v) is 1.48. The lowest BCUT2D eigenvalue weighted by molar-refractivity contribution is 0.0703. The van der Waals surface area contributed by atoms with Crippen LogP contribution < -0.4 is 5.73 Å². The molecule has 0 saturated heterocycles. The molecule has 6 heteroatoms. The van der Waals surface area contributed by atoms with Crippen LogP contribution in [0.4, 0.5) is 5.69 Å². The third-order valence-electron chi connectivity index (χ3n) is 1.98. The zero-order valence-electron chi connectivity index (χ0n) is 9.14. The van der Waals surface area contributed by atoms with Gasteiger partial charge in [0.1, 0.15) is 5.15 Å². The minimum Gasteiger partial charge on any atom is -0.397 e. The lowest BCUT2D eigenvalue weighted by Gasteiger charge is -2.19. The highest BCUT2D eigenvalue weighted by Crippen LogP contribution is 2.17. The number of nitrogen functional groups attached to an aromatic ring is 1. The zero-order chi connectivity index (χ0) is 12.3. The monoisotopic (exact) mass is 243 g/mol. The van der Waals surface area contributed by atoms with Crippen LogP contribution in [0.5, 0.6) is 0 Å². The van der Waals surface area contributed by atoms with Crippen LogP contribution in [0, 0.1) is 0 Å². The van der Waals surface area contributed by atoms with Crippen molar-refractivity contribution in [2.75, 3.05) is 19.3 Å². The van der Waals surface area contributed by atoms with Gasteiger partial charge in [-0.25, -0.2) is 4.98 Å². The third kappa shape index (κ3) is 3.08. The predicted octanol–water partition coefficient (Wildman–Crippen LogP) is 0.770. The molecular formula is C10H14ClN3O2. The zero-order valence-corrected chi connectivity index (χ0v) is 9.90. The fraction of sp³-hybridized carbons (Fsp3) is 0.400. The molecule has 0 aliphatic heterocycles. The molecule has 3 N–H and O–H groups in total. The van der Waals surface area contributed by atoms with Crippen LogP contribution in [0.3, 0.4) is 0 Å². The summed E-state index contributed by atoms with van der Waals surface area (Å²) in [7, 11) is 1.58. The number of pyridine rings is 1. The highest BCUT2D eigenvalue weighted by atomic mass is 35.5. The molecular weight excluding hydrogens is 230 g/mol. The summed E-state index contributed by atoms with van der Waals surface area (Å²) in [5, 5.41) is 9.28. The van der Waals surface area contributed by atoms with E-state index in [0.717, 1.165) is 0 Å². The van der Waals surface area contributed by atoms with Gasteiger partial charge in [0.15, 0.2) is 0 Å². The van der Waals surface area contributed by atoms with E-state index in [9.17, 15) is 9.90 Å². The van der Waals surface area contributed by atoms with Crippen molar-refractivity contribution < 1.29 is 9.90 Å². The second-order valence-corrected chi connectivity index (χ2v) is 4.00. The Morgan fingerprint density at radius 2 is 2.38 bits per heavy atom. The summed E-state index contributed by atoms with van der Waals surface area (Å²) < 4.78 is 0. The summed E-state index contributed by atoms with van der Waals surface area (Å²) in [6.45, 7) is 1.83. The molecule has 0 spiro atoms. The number of anilines is 1. The minimum atomic E-state index is -0.596. The SMILES string of the molecule is CC(O)CN(C)C(=O)c1cc(N)cnc1Cl. The van der Waals surface area contributed by atoms with Gasteiger partial charge in [-0.15, -0.1) is 0 Å². The average molecular weight is 244 g/mol. The summed E-state index contributed by atoms with van der Waals surface area (Å²) in [5.41, 5.74) is 6.14. The topological polar surface area (TPSA) is 79.5 Å². The Morgan fingerprint density at radius 1 is 1.75 bits per heavy atom. The maximum absolute atomic E-state index is 11.9. The number of amides is 1. The van der Waals surface area contributed by atoms with E-state index in [1.165, 1.54) is 17.2 Å². The van der Waals surface area contributed by atoms with Crippen LogP contribution in [0.15, 0.2) is 12.3 Å². The molecule has 1 amide bonds. The first-order valence-electron chi connectivity index (χ1n) is 4.76. The van der Waals surface area contributed by atoms with E-state index in [-0.39, 0.29) is 23.2 Å². The van der Waals surface area contributed by atoms with Crippen molar-refractivity contribution in [2.24, 2.45) is 0 Å². The molecule has 0 saturated carbocycles. The molecule has 88 valence electrons. The standard InChI is InChI=1S/C10H14ClN3O2/c1-6(15)5-14(2)10(16)8-3-7(12)4-13-9(8)11/h3-4,6,15H,5,12H2,1-2H3. The number of nitrogens with zero attached hydrogens (tertiary/aromatic N) is 2. The predicted molar refractivity (Wildman–Crippen MR) is 62.3 cm³/mol. The van der Waals surface area contributed by atoms with E-state index in [0.29, 0.717) is 5.69 Å². The Morgan fingerprint density at radius 3 is 2.94 bits per heavy atom. The number of aliphatic hydroxyl groups is 1. The highest BCUT2D eigenvalue weighted by molar-refractivity contribution is 6.32. The highest BCUT2D eigenvalue weighted by Gasteiger charge is 2.17. The number of nitrogens with two attached hydrogens (primary N) is 1. The van der Waals surface area contributed by atoms with Crippen molar-refractivity contribution in [3.63, 3.8) is 0 Å². The van der Waals surface area contributed by atoms with Crippen LogP contribution in [-0.2, 0) is 0 Å². The first kappa shape index (κ1) is 12.7. The van der Waals surface area contributed by atoms with Crippen molar-refractivity contribution in [1.82, 2.24) is 9.88 Å². The van der Waals surface area contributed by atoms with E-state index < -0.39 is 6.10 Å². The average Bonchev–Trinajstić information content (AvgIpc) is 2.19. The van der Waals surface area contributed by atoms with E-state index in [2.05, 4.69) is 4.98 Å². The van der Waals surface area contributed by atoms with Gasteiger partial charge in [-0.1, -0.05) is 11.6 Å². The first-order chi connectivity index (χ1) is 7.41. The normalized spacial score (nSPS) is 12.2. The molecule has 1 unspecified atom stereocenters. The van der Waals surface area contributed by atoms with Crippen LogP contribution >= 0.6 is 11.6 Å². The molecule has 16 heavy (non-hydrogen) atoms. The maximum Gasteiger partial charge on any atom is 0.256 e. The lowest BCUT2D eigenvalue weighted by Crippen LogP contribution is -2.33. The molecule has 0 fully saturated rings. The Bertz CT molecular complexity index is 396. The number of hydrogen-bond acceptors (Lipinski definition) is 4. The molecule has 5 nitrogen and oxygen atoms in total. The quantitative estimate of drug-likeness (QED) is 0.769. The van der Waals surface area contributed by atoms with E-state index >= 15 is 0 Å². The summed E-state index contributed by atoms with van der Waals surface area (Å²) in [5.74, 6) is -0.314. The number of carbonyl (C=O) groups excluding carboxylic acids is 1. The van der Waals surface area contributed by atoms with Gasteiger partial charge in [0.2, 0.25) is 0 Å². The van der Waals surface area contributed by atoms with Crippen molar-refractivity contribution >= 4 is 23.2 Å². The van der Waals surface area contributed by atoms with Crippen molar-refractivity contribution in [2.45, 2.75) is 13.0 Å². The Balaban J connectivity index is 2.91. The van der Waals surface area contributed by atoms with Gasteiger partial charge in [0.25, 0.3) is 5.91 Å². The molecule has 0 radical (unpaired) electrons. The van der Waals surface area contributed by atoms with Gasteiger partial charge in [0, 0.05) is 13.6 Å². The van der Waals surface area contributed by atoms with Crippen LogP contribution in [0.1, 0.15) is 17.3 Å². The number of rotatable bonds is 3. The molecule has 1 atom stereocenters. The third-order valence-corrected chi connectivity index (χ3v) is 2.28. The first-order valence-corrected chi connectivity index (χ1v) is 5.14. The van der Waals surface area contributed by atoms with E-state index in [1.807, 2.05) is 0 Å². The van der Waals surface area contributed by atoms with Crippen molar-refractivity contribution in [3.05, 3.63) is 23.0 Å². The number of likely N-dealkylation sites (N-methyl/N-ethyl adjacent to an activating group) is 1. The smallest absolute Gasteiger partial charge is 0.256 e. The molecule has 0 bridgehead atoms. The van der Waals surface area contributed by atoms with Crippen LogP contribution in [-0.4, -0.2) is 40.6 Å². The number of hydrogen-bond donors (Lipinski definition) is 2. The van der Waals surface area contributed by atoms with Crippen LogP contribution in [0.25, 0.3) is 0 Å². The lowest BCUT2D eigenvalue weighted by atomic mass is 10.2. The Labute approximate surface area is 98.8 Å². The van der Waals surface area contributed by atoms with E-state index in [4.69, 9.17) is 17.3 Å². The maximum atomic E-state index is 11.9. The molecule has 1 aromatic heterocycles. The Hall–Kier alpha value is -1.33. The second-order valence-electron chi connectivity index (χ2n) is 3.64. The minimum absolute atomic E-state index is 0.108. The molecule has 1 rings (SSSR count). The van der Waals surface area contributed by atoms with Crippen molar-refractivity contribution in [3.8, 4) is 0 Å². The number of aliphatic hydroxyl groups excluding tert-OH is 1. The van der Waals surface area contributed by atoms with Gasteiger partial charge in [-0.05, 0) is 13.0 Å². The van der Waals surface area contributed by atoms with Crippen molar-refractivity contribution in [1.29, 1.82) is 0 Å². The van der Waals surface area contributed by atoms with Crippen LogP contribution in [0.2, 0.25) is 5.15 Å². The molecule has 0 aromatic carbocycles. The molecule has 1 heterocycles. The Kier molecular flexibility index (Phi) is 4.09. The number of halogens is 1. The molecule has 0 aliphatic rings. The largest absolute Gasteiger partial charge is 0.397 e. The van der Waals surface area contributed by atoms with E-state index in [1.54, 1.807) is 14.0 Å². The summed E-state index contributed by atoms with van der Waals surface area (Å²) >= 11 is 5.80.